The summed E-state index contributed by atoms with van der Waals surface area (Å²) in [6.07, 6.45) is 6.72. The summed E-state index contributed by atoms with van der Waals surface area (Å²) in [5.74, 6) is -0.329. The normalized spacial score (nSPS) is 15.3. The number of carbonyl (C=O) groups excluding carboxylic acids is 2. The fourth-order valence-electron chi connectivity index (χ4n) is 2.72. The summed E-state index contributed by atoms with van der Waals surface area (Å²) in [6, 6.07) is 8.92. The van der Waals surface area contributed by atoms with E-state index in [-0.39, 0.29) is 11.8 Å². The Balaban J connectivity index is 1.89. The van der Waals surface area contributed by atoms with Crippen molar-refractivity contribution >= 4 is 17.8 Å². The zero-order chi connectivity index (χ0) is 16.2. The zero-order valence-corrected chi connectivity index (χ0v) is 12.9. The van der Waals surface area contributed by atoms with Gasteiger partial charge >= 0.3 is 5.97 Å². The van der Waals surface area contributed by atoms with Gasteiger partial charge in [-0.25, -0.2) is 4.79 Å². The number of Topliss-reactive ketones (excluding diaryl/α,β-unsaturated/α-hetero) is 1. The van der Waals surface area contributed by atoms with Gasteiger partial charge in [0.25, 0.3) is 0 Å². The van der Waals surface area contributed by atoms with Crippen LogP contribution in [0.5, 0.6) is 0 Å². The van der Waals surface area contributed by atoms with Gasteiger partial charge in [-0.15, -0.1) is 0 Å². The molecule has 0 radical (unpaired) electrons. The molecular weight excluding hydrogens is 290 g/mol. The quantitative estimate of drug-likeness (QED) is 0.643. The van der Waals surface area contributed by atoms with E-state index in [1.807, 2.05) is 18.2 Å². The molecule has 0 saturated carbocycles. The highest BCUT2D eigenvalue weighted by Crippen LogP contribution is 2.27. The minimum Gasteiger partial charge on any atom is -0.462 e. The number of carbonyl (C=O) groups is 2. The van der Waals surface area contributed by atoms with Crippen molar-refractivity contribution in [1.29, 1.82) is 0 Å². The molecule has 4 heteroatoms. The molecule has 1 aromatic heterocycles. The number of nitrogens with zero attached hydrogens (tertiary/aromatic N) is 1. The SMILES string of the molecule is CCOC(=O)c1ccc2c(c1)CC/C(=C/c1cccnc1)C2=O. The average Bonchev–Trinajstić information content (AvgIpc) is 2.58. The number of esters is 1. The highest BCUT2D eigenvalue weighted by molar-refractivity contribution is 6.13. The minimum atomic E-state index is -0.348. The van der Waals surface area contributed by atoms with E-state index in [9.17, 15) is 9.59 Å². The van der Waals surface area contributed by atoms with Crippen molar-refractivity contribution in [3.05, 3.63) is 70.6 Å². The van der Waals surface area contributed by atoms with Gasteiger partial charge in [0, 0.05) is 23.5 Å². The first-order valence-corrected chi connectivity index (χ1v) is 7.64. The number of hydrogen-bond donors (Lipinski definition) is 0. The Bertz CT molecular complexity index is 778. The zero-order valence-electron chi connectivity index (χ0n) is 12.9. The van der Waals surface area contributed by atoms with Crippen LogP contribution in [0, 0.1) is 0 Å². The Labute approximate surface area is 134 Å². The molecule has 1 heterocycles. The fraction of sp³-hybridized carbons (Fsp3) is 0.211. The molecule has 1 aliphatic rings. The molecule has 3 rings (SSSR count). The maximum Gasteiger partial charge on any atom is 0.338 e. The summed E-state index contributed by atoms with van der Waals surface area (Å²) in [5.41, 5.74) is 3.76. The van der Waals surface area contributed by atoms with Crippen LogP contribution in [0.15, 0.2) is 48.3 Å². The first-order chi connectivity index (χ1) is 11.2. The van der Waals surface area contributed by atoms with Gasteiger partial charge in [0.2, 0.25) is 0 Å². The molecule has 4 nitrogen and oxygen atoms in total. The van der Waals surface area contributed by atoms with Gasteiger partial charge in [-0.3, -0.25) is 9.78 Å². The molecule has 0 aliphatic heterocycles. The highest BCUT2D eigenvalue weighted by Gasteiger charge is 2.23. The Kier molecular flexibility index (Phi) is 4.33. The van der Waals surface area contributed by atoms with Gasteiger partial charge in [-0.2, -0.15) is 0 Å². The van der Waals surface area contributed by atoms with Gasteiger partial charge in [0.1, 0.15) is 0 Å². The van der Waals surface area contributed by atoms with Crippen molar-refractivity contribution in [3.8, 4) is 0 Å². The second kappa shape index (κ2) is 6.57. The van der Waals surface area contributed by atoms with Crippen molar-refractivity contribution in [2.24, 2.45) is 0 Å². The van der Waals surface area contributed by atoms with Crippen molar-refractivity contribution in [2.45, 2.75) is 19.8 Å². The molecule has 0 saturated heterocycles. The third-order valence-electron chi connectivity index (χ3n) is 3.84. The lowest BCUT2D eigenvalue weighted by Crippen LogP contribution is -2.15. The van der Waals surface area contributed by atoms with Crippen molar-refractivity contribution in [2.75, 3.05) is 6.61 Å². The number of benzene rings is 1. The maximum atomic E-state index is 12.6. The molecule has 1 aromatic carbocycles. The molecule has 0 N–H and O–H groups in total. The van der Waals surface area contributed by atoms with Crippen LogP contribution in [0.1, 0.15) is 45.2 Å². The van der Waals surface area contributed by atoms with Crippen LogP contribution < -0.4 is 0 Å². The summed E-state index contributed by atoms with van der Waals surface area (Å²) in [7, 11) is 0. The third-order valence-corrected chi connectivity index (χ3v) is 3.84. The Morgan fingerprint density at radius 3 is 2.91 bits per heavy atom. The van der Waals surface area contributed by atoms with Crippen LogP contribution in [-0.4, -0.2) is 23.3 Å². The second-order valence-corrected chi connectivity index (χ2v) is 5.38. The first kappa shape index (κ1) is 15.2. The van der Waals surface area contributed by atoms with Gasteiger partial charge in [-0.1, -0.05) is 6.07 Å². The number of pyridine rings is 1. The maximum absolute atomic E-state index is 12.6. The van der Waals surface area contributed by atoms with E-state index in [0.29, 0.717) is 24.2 Å². The summed E-state index contributed by atoms with van der Waals surface area (Å²) in [5, 5.41) is 0. The van der Waals surface area contributed by atoms with Crippen LogP contribution in [0.3, 0.4) is 0 Å². The van der Waals surface area contributed by atoms with E-state index in [4.69, 9.17) is 4.74 Å². The Hall–Kier alpha value is -2.75. The Morgan fingerprint density at radius 1 is 1.30 bits per heavy atom. The lowest BCUT2D eigenvalue weighted by molar-refractivity contribution is 0.0526. The summed E-state index contributed by atoms with van der Waals surface area (Å²) in [4.78, 5) is 28.5. The minimum absolute atomic E-state index is 0.0190. The van der Waals surface area contributed by atoms with Crippen LogP contribution in [0.4, 0.5) is 0 Å². The van der Waals surface area contributed by atoms with E-state index < -0.39 is 0 Å². The van der Waals surface area contributed by atoms with Crippen molar-refractivity contribution in [1.82, 2.24) is 4.98 Å². The molecule has 0 fully saturated rings. The molecule has 0 amide bonds. The summed E-state index contributed by atoms with van der Waals surface area (Å²) < 4.78 is 5.00. The smallest absolute Gasteiger partial charge is 0.338 e. The van der Waals surface area contributed by atoms with E-state index in [1.165, 1.54) is 0 Å². The number of ether oxygens (including phenoxy) is 1. The van der Waals surface area contributed by atoms with E-state index in [0.717, 1.165) is 23.1 Å². The molecular formula is C19H17NO3. The lowest BCUT2D eigenvalue weighted by Gasteiger charge is -2.18. The predicted octanol–water partition coefficient (Wildman–Crippen LogP) is 3.47. The van der Waals surface area contributed by atoms with Crippen LogP contribution in [0.25, 0.3) is 6.08 Å². The van der Waals surface area contributed by atoms with Crippen LogP contribution >= 0.6 is 0 Å². The average molecular weight is 307 g/mol. The summed E-state index contributed by atoms with van der Waals surface area (Å²) in [6.45, 7) is 2.11. The van der Waals surface area contributed by atoms with Crippen LogP contribution in [0.2, 0.25) is 0 Å². The molecule has 0 spiro atoms. The number of fused-ring (bicyclic) bond motifs is 1. The van der Waals surface area contributed by atoms with E-state index in [1.54, 1.807) is 37.5 Å². The van der Waals surface area contributed by atoms with Gasteiger partial charge < -0.3 is 4.74 Å². The second-order valence-electron chi connectivity index (χ2n) is 5.38. The monoisotopic (exact) mass is 307 g/mol. The largest absolute Gasteiger partial charge is 0.462 e. The number of rotatable bonds is 3. The van der Waals surface area contributed by atoms with Gasteiger partial charge in [-0.05, 0) is 61.2 Å². The first-order valence-electron chi connectivity index (χ1n) is 7.64. The van der Waals surface area contributed by atoms with E-state index in [2.05, 4.69) is 4.98 Å². The lowest BCUT2D eigenvalue weighted by atomic mass is 9.85. The summed E-state index contributed by atoms with van der Waals surface area (Å²) >= 11 is 0. The van der Waals surface area contributed by atoms with Crippen LogP contribution in [-0.2, 0) is 11.2 Å². The molecule has 0 unspecified atom stereocenters. The molecule has 0 bridgehead atoms. The number of allylic oxidation sites excluding steroid dienone is 1. The number of aryl methyl sites for hydroxylation is 1. The molecule has 1 aliphatic carbocycles. The number of ketones is 1. The highest BCUT2D eigenvalue weighted by atomic mass is 16.5. The van der Waals surface area contributed by atoms with E-state index >= 15 is 0 Å². The fourth-order valence-corrected chi connectivity index (χ4v) is 2.72. The standard InChI is InChI=1S/C19H17NO3/c1-2-23-19(22)16-7-8-17-14(11-16)5-6-15(18(17)21)10-13-4-3-9-20-12-13/h3-4,7-12H,2,5-6H2,1H3/b15-10-. The van der Waals surface area contributed by atoms with Crippen molar-refractivity contribution in [3.63, 3.8) is 0 Å². The molecule has 2 aromatic rings. The van der Waals surface area contributed by atoms with Gasteiger partial charge in [0.05, 0.1) is 12.2 Å². The Morgan fingerprint density at radius 2 is 2.17 bits per heavy atom. The number of hydrogen-bond acceptors (Lipinski definition) is 4. The molecule has 0 atom stereocenters. The molecule has 23 heavy (non-hydrogen) atoms. The molecule has 116 valence electrons. The topological polar surface area (TPSA) is 56.3 Å². The van der Waals surface area contributed by atoms with Gasteiger partial charge in [0.15, 0.2) is 5.78 Å². The predicted molar refractivity (Wildman–Crippen MR) is 87.3 cm³/mol. The number of aromatic nitrogens is 1. The van der Waals surface area contributed by atoms with Crippen molar-refractivity contribution < 1.29 is 14.3 Å². The third kappa shape index (κ3) is 3.21.